The summed E-state index contributed by atoms with van der Waals surface area (Å²) >= 11 is 2.35. The number of rotatable bonds is 2. The Labute approximate surface area is 147 Å². The predicted molar refractivity (Wildman–Crippen MR) is 105 cm³/mol. The van der Waals surface area contributed by atoms with Crippen molar-refractivity contribution in [3.8, 4) is 11.1 Å². The molecule has 0 spiro atoms. The van der Waals surface area contributed by atoms with Gasteiger partial charge in [-0.05, 0) is 88.0 Å². The maximum absolute atomic E-state index is 2.37. The Morgan fingerprint density at radius 1 is 0.955 bits per heavy atom. The van der Waals surface area contributed by atoms with Crippen LogP contribution in [0.4, 0.5) is 0 Å². The third kappa shape index (κ3) is 2.45. The van der Waals surface area contributed by atoms with E-state index in [1.807, 2.05) is 0 Å². The Morgan fingerprint density at radius 3 is 2.23 bits per heavy atom. The highest BCUT2D eigenvalue weighted by Gasteiger charge is 2.34. The highest BCUT2D eigenvalue weighted by molar-refractivity contribution is 14.1. The fourth-order valence-electron chi connectivity index (χ4n) is 3.47. The van der Waals surface area contributed by atoms with Gasteiger partial charge in [-0.25, -0.2) is 0 Å². The maximum Gasteiger partial charge on any atom is 0.0155 e. The first kappa shape index (κ1) is 15.5. The summed E-state index contributed by atoms with van der Waals surface area (Å²) in [5.41, 5.74) is 8.35. The van der Waals surface area contributed by atoms with E-state index in [0.717, 1.165) is 0 Å². The van der Waals surface area contributed by atoms with Gasteiger partial charge in [0, 0.05) is 8.99 Å². The van der Waals surface area contributed by atoms with Crippen molar-refractivity contribution in [3.05, 3.63) is 74.9 Å². The zero-order chi connectivity index (χ0) is 15.9. The molecule has 0 aromatic heterocycles. The van der Waals surface area contributed by atoms with Gasteiger partial charge in [-0.1, -0.05) is 50.3 Å². The molecular weight excluding hydrogens is 379 g/mol. The van der Waals surface area contributed by atoms with Crippen molar-refractivity contribution in [1.29, 1.82) is 0 Å². The van der Waals surface area contributed by atoms with E-state index in [1.54, 1.807) is 0 Å². The van der Waals surface area contributed by atoms with Crippen molar-refractivity contribution < 1.29 is 0 Å². The first-order valence-corrected chi connectivity index (χ1v) is 8.78. The largest absolute Gasteiger partial charge is 0.0873 e. The van der Waals surface area contributed by atoms with Crippen LogP contribution in [0.3, 0.4) is 0 Å². The third-order valence-corrected chi connectivity index (χ3v) is 5.40. The van der Waals surface area contributed by atoms with Crippen molar-refractivity contribution in [2.24, 2.45) is 0 Å². The molecule has 0 aliphatic heterocycles. The van der Waals surface area contributed by atoms with E-state index in [1.165, 1.54) is 37.0 Å². The molecule has 0 radical (unpaired) electrons. The summed E-state index contributed by atoms with van der Waals surface area (Å²) in [4.78, 5) is 0. The van der Waals surface area contributed by atoms with E-state index in [9.17, 15) is 0 Å². The molecule has 22 heavy (non-hydrogen) atoms. The number of fused-ring (bicyclic) bond motifs is 1. The summed E-state index contributed by atoms with van der Waals surface area (Å²) in [7, 11) is 0. The van der Waals surface area contributed by atoms with E-state index in [2.05, 4.69) is 105 Å². The van der Waals surface area contributed by atoms with Crippen LogP contribution in [0.2, 0.25) is 0 Å². The van der Waals surface area contributed by atoms with Gasteiger partial charge < -0.3 is 0 Å². The molecule has 0 unspecified atom stereocenters. The standard InChI is InChI=1S/C21H21I/c1-5-6-19-14(2)18-12-9-16(13-20(18)21(19,3)4)15-7-10-17(22)11-8-15/h5-13H,1-4H3/b6-5-. The quantitative estimate of drug-likeness (QED) is 0.499. The van der Waals surface area contributed by atoms with E-state index in [4.69, 9.17) is 0 Å². The highest BCUT2D eigenvalue weighted by atomic mass is 127. The van der Waals surface area contributed by atoms with Gasteiger partial charge in [0.25, 0.3) is 0 Å². The first-order chi connectivity index (χ1) is 10.4. The molecule has 0 saturated heterocycles. The molecule has 0 saturated carbocycles. The normalized spacial score (nSPS) is 16.4. The average Bonchev–Trinajstić information content (AvgIpc) is 2.69. The van der Waals surface area contributed by atoms with Crippen LogP contribution in [-0.4, -0.2) is 0 Å². The van der Waals surface area contributed by atoms with E-state index >= 15 is 0 Å². The van der Waals surface area contributed by atoms with Crippen LogP contribution in [0, 0.1) is 3.57 Å². The van der Waals surface area contributed by atoms with Crippen LogP contribution in [0.25, 0.3) is 16.7 Å². The second-order valence-electron chi connectivity index (χ2n) is 6.43. The van der Waals surface area contributed by atoms with Gasteiger partial charge in [0.1, 0.15) is 0 Å². The van der Waals surface area contributed by atoms with Crippen LogP contribution in [0.5, 0.6) is 0 Å². The molecule has 0 nitrogen and oxygen atoms in total. The van der Waals surface area contributed by atoms with Crippen molar-refractivity contribution in [2.45, 2.75) is 33.1 Å². The Bertz CT molecular complexity index is 774. The van der Waals surface area contributed by atoms with Crippen LogP contribution in [-0.2, 0) is 5.41 Å². The van der Waals surface area contributed by atoms with Gasteiger partial charge in [0.05, 0.1) is 0 Å². The van der Waals surface area contributed by atoms with E-state index in [-0.39, 0.29) is 5.41 Å². The lowest BCUT2D eigenvalue weighted by atomic mass is 9.80. The van der Waals surface area contributed by atoms with Gasteiger partial charge in [-0.3, -0.25) is 0 Å². The lowest BCUT2D eigenvalue weighted by Gasteiger charge is -2.23. The van der Waals surface area contributed by atoms with Crippen molar-refractivity contribution in [1.82, 2.24) is 0 Å². The van der Waals surface area contributed by atoms with Crippen molar-refractivity contribution in [3.63, 3.8) is 0 Å². The topological polar surface area (TPSA) is 0 Å². The maximum atomic E-state index is 2.37. The van der Waals surface area contributed by atoms with Crippen LogP contribution in [0.1, 0.15) is 38.8 Å². The van der Waals surface area contributed by atoms with Crippen molar-refractivity contribution in [2.75, 3.05) is 0 Å². The molecule has 2 aromatic rings. The Hall–Kier alpha value is -1.35. The zero-order valence-corrected chi connectivity index (χ0v) is 15.7. The summed E-state index contributed by atoms with van der Waals surface area (Å²) in [6, 6.07) is 15.7. The minimum absolute atomic E-state index is 0.0745. The molecule has 0 atom stereocenters. The Kier molecular flexibility index (Phi) is 4.02. The molecule has 112 valence electrons. The summed E-state index contributed by atoms with van der Waals surface area (Å²) in [6.07, 6.45) is 4.41. The molecule has 0 bridgehead atoms. The van der Waals surface area contributed by atoms with Gasteiger partial charge >= 0.3 is 0 Å². The zero-order valence-electron chi connectivity index (χ0n) is 13.6. The number of allylic oxidation sites excluding steroid dienone is 4. The SMILES string of the molecule is C/C=C\C1=C(C)c2ccc(-c3ccc(I)cc3)cc2C1(C)C. The van der Waals surface area contributed by atoms with Gasteiger partial charge in [0.15, 0.2) is 0 Å². The minimum atomic E-state index is 0.0745. The summed E-state index contributed by atoms with van der Waals surface area (Å²) in [5.74, 6) is 0. The number of hydrogen-bond donors (Lipinski definition) is 0. The molecule has 2 aromatic carbocycles. The van der Waals surface area contributed by atoms with Crippen molar-refractivity contribution >= 4 is 28.2 Å². The first-order valence-electron chi connectivity index (χ1n) is 7.70. The van der Waals surface area contributed by atoms with Gasteiger partial charge in [-0.2, -0.15) is 0 Å². The molecule has 0 heterocycles. The molecule has 3 rings (SSSR count). The molecule has 1 heteroatoms. The molecule has 0 fully saturated rings. The number of halogens is 1. The number of hydrogen-bond acceptors (Lipinski definition) is 0. The monoisotopic (exact) mass is 400 g/mol. The van der Waals surface area contributed by atoms with Crippen LogP contribution >= 0.6 is 22.6 Å². The van der Waals surface area contributed by atoms with Gasteiger partial charge in [-0.15, -0.1) is 0 Å². The van der Waals surface area contributed by atoms with Gasteiger partial charge in [0.2, 0.25) is 0 Å². The molecule has 1 aliphatic carbocycles. The lowest BCUT2D eigenvalue weighted by molar-refractivity contribution is 0.654. The number of benzene rings is 2. The molecule has 0 N–H and O–H groups in total. The lowest BCUT2D eigenvalue weighted by Crippen LogP contribution is -2.16. The summed E-state index contributed by atoms with van der Waals surface area (Å²) in [6.45, 7) is 8.99. The fraction of sp³-hybridized carbons (Fsp3) is 0.238. The summed E-state index contributed by atoms with van der Waals surface area (Å²) in [5, 5.41) is 0. The van der Waals surface area contributed by atoms with Crippen LogP contribution in [0.15, 0.2) is 60.2 Å². The second kappa shape index (κ2) is 5.69. The molecule has 1 aliphatic rings. The fourth-order valence-corrected chi connectivity index (χ4v) is 3.83. The van der Waals surface area contributed by atoms with E-state index in [0.29, 0.717) is 0 Å². The van der Waals surface area contributed by atoms with E-state index < -0.39 is 0 Å². The Balaban J connectivity index is 2.12. The predicted octanol–water partition coefficient (Wildman–Crippen LogP) is 6.60. The minimum Gasteiger partial charge on any atom is -0.0873 e. The third-order valence-electron chi connectivity index (χ3n) is 4.69. The summed E-state index contributed by atoms with van der Waals surface area (Å²) < 4.78 is 1.27. The smallest absolute Gasteiger partial charge is 0.0155 e. The highest BCUT2D eigenvalue weighted by Crippen LogP contribution is 2.47. The van der Waals surface area contributed by atoms with Crippen LogP contribution < -0.4 is 0 Å². The molecule has 0 amide bonds. The Morgan fingerprint density at radius 2 is 1.59 bits per heavy atom. The average molecular weight is 400 g/mol. The molecular formula is C21H21I. The second-order valence-corrected chi connectivity index (χ2v) is 7.68.